The lowest BCUT2D eigenvalue weighted by molar-refractivity contribution is 0.0180. The Balaban J connectivity index is 1.13. The summed E-state index contributed by atoms with van der Waals surface area (Å²) in [6, 6.07) is 67.9. The molecule has 0 bridgehead atoms. The Kier molecular flexibility index (Phi) is 16.1. The summed E-state index contributed by atoms with van der Waals surface area (Å²) < 4.78 is 57.4. The molecule has 8 aromatic carbocycles. The standard InChI is InChI=1S/C62H62NO9P/c1-66-33-34-68-37-38-70-40-42-72-54-28-23-49(24-29-54)62(48-21-26-53(27-22-48)71-41-39-69-36-35-67-32-31-64)58-45-52(63(50-15-5-2-6-16-50)51-17-7-3-8-18-51)25-30-56(58)61-60(62)57-43-46-13-11-12-14-47(46)44-59(57)73(61,65)55-19-9-4-10-20-55/h2-30,43-45,60-61,64H,31-42H2,1H3. The molecule has 73 heavy (non-hydrogen) atoms. The summed E-state index contributed by atoms with van der Waals surface area (Å²) in [6.45, 7) is 4.63. The van der Waals surface area contributed by atoms with Gasteiger partial charge in [-0.1, -0.05) is 127 Å². The summed E-state index contributed by atoms with van der Waals surface area (Å²) in [5, 5.41) is 13.0. The topological polar surface area (TPSA) is 105 Å². The number of aliphatic hydroxyl groups is 1. The van der Waals surface area contributed by atoms with Crippen LogP contribution in [0.15, 0.2) is 194 Å². The summed E-state index contributed by atoms with van der Waals surface area (Å²) in [5.74, 6) is 1.13. The molecule has 1 aliphatic heterocycles. The Morgan fingerprint density at radius 1 is 0.479 bits per heavy atom. The molecule has 1 N–H and O–H groups in total. The number of methoxy groups -OCH3 is 1. The van der Waals surface area contributed by atoms with E-state index in [-0.39, 0.29) is 19.1 Å². The molecule has 0 saturated heterocycles. The van der Waals surface area contributed by atoms with E-state index in [2.05, 4.69) is 157 Å². The van der Waals surface area contributed by atoms with Crippen molar-refractivity contribution >= 4 is 45.6 Å². The van der Waals surface area contributed by atoms with E-state index in [1.807, 2.05) is 42.5 Å². The van der Waals surface area contributed by atoms with Gasteiger partial charge >= 0.3 is 0 Å². The number of anilines is 3. The lowest BCUT2D eigenvalue weighted by Crippen LogP contribution is -2.34. The second-order valence-corrected chi connectivity index (χ2v) is 21.0. The van der Waals surface area contributed by atoms with Gasteiger partial charge in [-0.2, -0.15) is 0 Å². The molecule has 4 atom stereocenters. The SMILES string of the molecule is COCCOCCOCCOc1ccc(C2(c3ccc(OCCOCCOCCO)cc3)c3cc(N(c4ccccc4)c4ccccc4)ccc3C3C2c2cc4ccccc4cc2P3(=O)c2ccccc2)cc1. The van der Waals surface area contributed by atoms with E-state index in [1.54, 1.807) is 7.11 Å². The minimum absolute atomic E-state index is 0.0206. The predicted octanol–water partition coefficient (Wildman–Crippen LogP) is 11.3. The van der Waals surface area contributed by atoms with Crippen LogP contribution in [0.3, 0.4) is 0 Å². The van der Waals surface area contributed by atoms with Crippen LogP contribution in [0.2, 0.25) is 0 Å². The zero-order valence-corrected chi connectivity index (χ0v) is 42.1. The third-order valence-electron chi connectivity index (χ3n) is 14.0. The molecule has 10 rings (SSSR count). The first-order chi connectivity index (χ1) is 36.0. The summed E-state index contributed by atoms with van der Waals surface area (Å²) in [4.78, 5) is 2.31. The number of hydrogen-bond acceptors (Lipinski definition) is 10. The molecular weight excluding hydrogens is 934 g/mol. The summed E-state index contributed by atoms with van der Waals surface area (Å²) in [5.41, 5.74) is 7.07. The average Bonchev–Trinajstić information content (AvgIpc) is 3.90. The average molecular weight is 996 g/mol. The van der Waals surface area contributed by atoms with Crippen LogP contribution < -0.4 is 25.0 Å². The molecule has 0 spiro atoms. The Bertz CT molecular complexity index is 3050. The van der Waals surface area contributed by atoms with Crippen LogP contribution in [-0.2, 0) is 33.7 Å². The second-order valence-electron chi connectivity index (χ2n) is 18.2. The maximum Gasteiger partial charge on any atom is 0.151 e. The van der Waals surface area contributed by atoms with E-state index in [9.17, 15) is 0 Å². The molecule has 0 saturated carbocycles. The quantitative estimate of drug-likeness (QED) is 0.0440. The van der Waals surface area contributed by atoms with Gasteiger partial charge in [0.1, 0.15) is 24.7 Å². The molecule has 0 radical (unpaired) electrons. The number of para-hydroxylation sites is 2. The van der Waals surface area contributed by atoms with E-state index in [0.29, 0.717) is 71.8 Å². The number of fused-ring (bicyclic) bond motifs is 6. The largest absolute Gasteiger partial charge is 0.491 e. The molecule has 0 fully saturated rings. The van der Waals surface area contributed by atoms with Crippen molar-refractivity contribution in [3.63, 3.8) is 0 Å². The van der Waals surface area contributed by atoms with Crippen LogP contribution in [0.4, 0.5) is 17.1 Å². The molecule has 0 amide bonds. The number of ether oxygens (including phenoxy) is 7. The van der Waals surface area contributed by atoms with Crippen molar-refractivity contribution in [2.24, 2.45) is 0 Å². The highest BCUT2D eigenvalue weighted by atomic mass is 31.2. The van der Waals surface area contributed by atoms with Crippen LogP contribution in [0.25, 0.3) is 10.8 Å². The normalized spacial score (nSPS) is 18.5. The molecule has 0 aromatic heterocycles. The third-order valence-corrected chi connectivity index (χ3v) is 17.5. The minimum Gasteiger partial charge on any atom is -0.491 e. The van der Waals surface area contributed by atoms with Gasteiger partial charge < -0.3 is 47.7 Å². The van der Waals surface area contributed by atoms with Crippen molar-refractivity contribution in [2.75, 3.05) is 91.3 Å². The lowest BCUT2D eigenvalue weighted by Gasteiger charge is -2.39. The molecule has 11 heteroatoms. The highest BCUT2D eigenvalue weighted by molar-refractivity contribution is 7.79. The van der Waals surface area contributed by atoms with E-state index in [1.165, 1.54) is 0 Å². The van der Waals surface area contributed by atoms with Crippen molar-refractivity contribution in [3.8, 4) is 11.5 Å². The highest BCUT2D eigenvalue weighted by Gasteiger charge is 2.65. The van der Waals surface area contributed by atoms with Crippen molar-refractivity contribution in [1.29, 1.82) is 0 Å². The number of aliphatic hydroxyl groups excluding tert-OH is 1. The number of benzene rings is 8. The summed E-state index contributed by atoms with van der Waals surface area (Å²) in [6.07, 6.45) is 0. The minimum atomic E-state index is -3.44. The van der Waals surface area contributed by atoms with Crippen molar-refractivity contribution in [2.45, 2.75) is 17.0 Å². The van der Waals surface area contributed by atoms with Crippen molar-refractivity contribution in [1.82, 2.24) is 0 Å². The summed E-state index contributed by atoms with van der Waals surface area (Å²) >= 11 is 0. The van der Waals surface area contributed by atoms with E-state index in [0.717, 1.165) is 72.0 Å². The van der Waals surface area contributed by atoms with Gasteiger partial charge in [-0.05, 0) is 105 Å². The smallest absolute Gasteiger partial charge is 0.151 e. The molecule has 374 valence electrons. The van der Waals surface area contributed by atoms with Crippen LogP contribution in [-0.4, -0.2) is 91.5 Å². The Labute approximate surface area is 428 Å². The van der Waals surface area contributed by atoms with Crippen LogP contribution in [0.1, 0.15) is 39.4 Å². The lowest BCUT2D eigenvalue weighted by atomic mass is 9.63. The fourth-order valence-corrected chi connectivity index (χ4v) is 14.8. The number of rotatable bonds is 25. The van der Waals surface area contributed by atoms with Crippen molar-refractivity contribution in [3.05, 3.63) is 222 Å². The van der Waals surface area contributed by atoms with Gasteiger partial charge in [0, 0.05) is 40.7 Å². The third kappa shape index (κ3) is 10.2. The number of nitrogens with zero attached hydrogens (tertiary/aromatic N) is 1. The molecule has 4 unspecified atom stereocenters. The zero-order chi connectivity index (χ0) is 49.9. The van der Waals surface area contributed by atoms with Crippen LogP contribution in [0.5, 0.6) is 11.5 Å². The maximum atomic E-state index is 17.2. The molecule has 1 heterocycles. The molecule has 8 aromatic rings. The van der Waals surface area contributed by atoms with E-state index < -0.39 is 18.2 Å². The highest BCUT2D eigenvalue weighted by Crippen LogP contribution is 2.78. The van der Waals surface area contributed by atoms with Crippen molar-refractivity contribution < 1.29 is 42.8 Å². The molecular formula is C62H62NO9P. The van der Waals surface area contributed by atoms with Gasteiger partial charge in [0.2, 0.25) is 0 Å². The maximum absolute atomic E-state index is 17.2. The van der Waals surface area contributed by atoms with Crippen LogP contribution >= 0.6 is 7.14 Å². The fourth-order valence-electron chi connectivity index (χ4n) is 10.9. The second kappa shape index (κ2) is 23.5. The Morgan fingerprint density at radius 2 is 0.959 bits per heavy atom. The Morgan fingerprint density at radius 3 is 1.49 bits per heavy atom. The first kappa shape index (κ1) is 50.0. The van der Waals surface area contributed by atoms with Gasteiger partial charge in [-0.15, -0.1) is 0 Å². The van der Waals surface area contributed by atoms with Gasteiger partial charge in [0.15, 0.2) is 7.14 Å². The predicted molar refractivity (Wildman–Crippen MR) is 290 cm³/mol. The summed E-state index contributed by atoms with van der Waals surface area (Å²) in [7, 11) is -1.78. The molecule has 10 nitrogen and oxygen atoms in total. The van der Waals surface area contributed by atoms with Gasteiger partial charge in [0.05, 0.1) is 77.1 Å². The monoisotopic (exact) mass is 995 g/mol. The first-order valence-corrected chi connectivity index (χ1v) is 26.9. The zero-order valence-electron chi connectivity index (χ0n) is 41.2. The van der Waals surface area contributed by atoms with Gasteiger partial charge in [0.25, 0.3) is 0 Å². The fraction of sp³-hybridized carbons (Fsp3) is 0.258. The van der Waals surface area contributed by atoms with E-state index >= 15 is 4.57 Å². The molecule has 1 aliphatic carbocycles. The first-order valence-electron chi connectivity index (χ1n) is 25.2. The van der Waals surface area contributed by atoms with E-state index in [4.69, 9.17) is 38.3 Å². The van der Waals surface area contributed by atoms with Gasteiger partial charge in [-0.3, -0.25) is 0 Å². The van der Waals surface area contributed by atoms with Gasteiger partial charge in [-0.25, -0.2) is 0 Å². The molecule has 2 aliphatic rings. The van der Waals surface area contributed by atoms with Crippen LogP contribution in [0, 0.1) is 0 Å². The Hall–Kier alpha value is -6.59. The number of hydrogen-bond donors (Lipinski definition) is 1.